The Bertz CT molecular complexity index is 2210. The molecule has 0 aliphatic rings. The van der Waals surface area contributed by atoms with Gasteiger partial charge in [-0.25, -0.2) is 0 Å². The number of thiophene rings is 1. The van der Waals surface area contributed by atoms with Gasteiger partial charge in [0.25, 0.3) is 0 Å². The van der Waals surface area contributed by atoms with Crippen molar-refractivity contribution >= 4 is 76.4 Å². The first-order valence-corrected chi connectivity index (χ1v) is 15.8. The number of hydrogen-bond acceptors (Lipinski definition) is 3. The van der Waals surface area contributed by atoms with E-state index >= 15 is 0 Å². The number of hydrogen-bond donors (Lipinski definition) is 0. The van der Waals surface area contributed by atoms with E-state index in [1.54, 1.807) is 0 Å². The molecule has 0 fully saturated rings. The minimum Gasteiger partial charge on any atom is -0.308 e. The first-order chi connectivity index (χ1) is 21.7. The Hall–Kier alpha value is -5.38. The zero-order chi connectivity index (χ0) is 29.5. The van der Waals surface area contributed by atoms with E-state index in [-0.39, 0.29) is 0 Å². The highest BCUT2D eigenvalue weighted by atomic mass is 32.1. The molecule has 0 aliphatic carbocycles. The maximum absolute atomic E-state index is 2.45. The minimum absolute atomic E-state index is 1.11. The molecule has 1 aromatic heterocycles. The van der Waals surface area contributed by atoms with Crippen LogP contribution in [0.2, 0.25) is 0 Å². The zero-order valence-electron chi connectivity index (χ0n) is 24.4. The maximum atomic E-state index is 2.45. The number of para-hydroxylation sites is 2. The van der Waals surface area contributed by atoms with E-state index in [1.807, 2.05) is 11.3 Å². The van der Waals surface area contributed by atoms with E-state index in [2.05, 4.69) is 181 Å². The summed E-state index contributed by atoms with van der Waals surface area (Å²) in [5.74, 6) is 0. The number of benzene rings is 7. The Balaban J connectivity index is 1.43. The van der Waals surface area contributed by atoms with E-state index < -0.39 is 0 Å². The third-order valence-corrected chi connectivity index (χ3v) is 9.40. The van der Waals surface area contributed by atoms with Crippen LogP contribution in [0.1, 0.15) is 5.56 Å². The summed E-state index contributed by atoms with van der Waals surface area (Å²) in [6.45, 7) is 2.18. The first-order valence-electron chi connectivity index (χ1n) is 14.9. The molecular formula is C41H30N2S. The van der Waals surface area contributed by atoms with Crippen LogP contribution in [0.4, 0.5) is 34.1 Å². The standard InChI is InChI=1S/C41H30N2S/c1-29-23-26-38(42(31-15-4-2-5-16-31)32-17-6-3-7-18-32)39(27-29)43(37-21-12-14-30-13-8-9-19-34(30)37)33-24-25-36-35-20-10-11-22-40(35)44-41(36)28-33/h2-28H,1H3. The van der Waals surface area contributed by atoms with Crippen molar-refractivity contribution in [1.29, 1.82) is 0 Å². The highest BCUT2D eigenvalue weighted by molar-refractivity contribution is 7.25. The third kappa shape index (κ3) is 4.59. The second kappa shape index (κ2) is 11.0. The molecule has 3 heteroatoms. The quantitative estimate of drug-likeness (QED) is 0.192. The van der Waals surface area contributed by atoms with Crippen molar-refractivity contribution in [3.63, 3.8) is 0 Å². The van der Waals surface area contributed by atoms with Crippen molar-refractivity contribution in [1.82, 2.24) is 0 Å². The molecule has 44 heavy (non-hydrogen) atoms. The average Bonchev–Trinajstić information content (AvgIpc) is 3.45. The average molecular weight is 583 g/mol. The Morgan fingerprint density at radius 3 is 1.80 bits per heavy atom. The van der Waals surface area contributed by atoms with Gasteiger partial charge in [0.05, 0.1) is 17.1 Å². The summed E-state index contributed by atoms with van der Waals surface area (Å²) in [6.07, 6.45) is 0. The van der Waals surface area contributed by atoms with Gasteiger partial charge in [0.2, 0.25) is 0 Å². The van der Waals surface area contributed by atoms with Gasteiger partial charge in [-0.3, -0.25) is 0 Å². The molecule has 0 unspecified atom stereocenters. The van der Waals surface area contributed by atoms with E-state index in [9.17, 15) is 0 Å². The summed E-state index contributed by atoms with van der Waals surface area (Å²) < 4.78 is 2.60. The van der Waals surface area contributed by atoms with Crippen LogP contribution in [0.5, 0.6) is 0 Å². The normalized spacial score (nSPS) is 11.3. The van der Waals surface area contributed by atoms with Crippen molar-refractivity contribution in [2.75, 3.05) is 9.80 Å². The van der Waals surface area contributed by atoms with Gasteiger partial charge in [-0.15, -0.1) is 11.3 Å². The van der Waals surface area contributed by atoms with E-state index in [1.165, 1.54) is 36.5 Å². The van der Waals surface area contributed by atoms with Gasteiger partial charge in [-0.05, 0) is 78.5 Å². The summed E-state index contributed by atoms with van der Waals surface area (Å²) in [6, 6.07) is 59.1. The second-order valence-corrected chi connectivity index (χ2v) is 12.2. The Morgan fingerprint density at radius 1 is 0.386 bits per heavy atom. The molecule has 0 aliphatic heterocycles. The van der Waals surface area contributed by atoms with Gasteiger partial charge in [-0.1, -0.05) is 103 Å². The van der Waals surface area contributed by atoms with Crippen molar-refractivity contribution in [2.45, 2.75) is 6.92 Å². The minimum atomic E-state index is 1.11. The van der Waals surface area contributed by atoms with Crippen LogP contribution in [0.25, 0.3) is 30.9 Å². The largest absolute Gasteiger partial charge is 0.308 e. The van der Waals surface area contributed by atoms with Gasteiger partial charge in [0.15, 0.2) is 0 Å². The molecule has 2 nitrogen and oxygen atoms in total. The van der Waals surface area contributed by atoms with Gasteiger partial charge >= 0.3 is 0 Å². The molecule has 7 aromatic carbocycles. The maximum Gasteiger partial charge on any atom is 0.0705 e. The molecule has 8 aromatic rings. The number of fused-ring (bicyclic) bond motifs is 4. The predicted octanol–water partition coefficient (Wildman–Crippen LogP) is 12.5. The van der Waals surface area contributed by atoms with Crippen LogP contribution >= 0.6 is 11.3 Å². The SMILES string of the molecule is Cc1ccc(N(c2ccccc2)c2ccccc2)c(N(c2ccc3c(c2)sc2ccccc23)c2cccc3ccccc23)c1. The van der Waals surface area contributed by atoms with Crippen molar-refractivity contribution < 1.29 is 0 Å². The molecule has 0 saturated heterocycles. The molecule has 0 radical (unpaired) electrons. The molecular weight excluding hydrogens is 553 g/mol. The van der Waals surface area contributed by atoms with E-state index in [0.717, 1.165) is 34.1 Å². The fourth-order valence-corrected chi connectivity index (χ4v) is 7.39. The van der Waals surface area contributed by atoms with Crippen molar-refractivity contribution in [3.8, 4) is 0 Å². The highest BCUT2D eigenvalue weighted by Crippen LogP contribution is 2.48. The molecule has 0 bridgehead atoms. The number of rotatable bonds is 6. The number of anilines is 6. The summed E-state index contributed by atoms with van der Waals surface area (Å²) in [5.41, 5.74) is 7.94. The molecule has 0 saturated carbocycles. The smallest absolute Gasteiger partial charge is 0.0705 e. The number of aryl methyl sites for hydroxylation is 1. The van der Waals surface area contributed by atoms with E-state index in [0.29, 0.717) is 0 Å². The zero-order valence-corrected chi connectivity index (χ0v) is 25.2. The van der Waals surface area contributed by atoms with Crippen LogP contribution in [0, 0.1) is 6.92 Å². The molecule has 0 spiro atoms. The van der Waals surface area contributed by atoms with Crippen LogP contribution in [-0.4, -0.2) is 0 Å². The van der Waals surface area contributed by atoms with Crippen LogP contribution in [-0.2, 0) is 0 Å². The van der Waals surface area contributed by atoms with Crippen molar-refractivity contribution in [2.24, 2.45) is 0 Å². The van der Waals surface area contributed by atoms with Gasteiger partial charge in [-0.2, -0.15) is 0 Å². The lowest BCUT2D eigenvalue weighted by Gasteiger charge is -2.34. The molecule has 0 amide bonds. The molecule has 0 N–H and O–H groups in total. The second-order valence-electron chi connectivity index (χ2n) is 11.1. The molecule has 0 atom stereocenters. The van der Waals surface area contributed by atoms with Crippen LogP contribution in [0.15, 0.2) is 164 Å². The Kier molecular flexibility index (Phi) is 6.59. The van der Waals surface area contributed by atoms with Gasteiger partial charge in [0, 0.05) is 42.6 Å². The topological polar surface area (TPSA) is 6.48 Å². The summed E-state index contributed by atoms with van der Waals surface area (Å²) in [7, 11) is 0. The fraction of sp³-hybridized carbons (Fsp3) is 0.0244. The van der Waals surface area contributed by atoms with Crippen LogP contribution in [0.3, 0.4) is 0 Å². The monoisotopic (exact) mass is 582 g/mol. The van der Waals surface area contributed by atoms with Crippen LogP contribution < -0.4 is 9.80 Å². The molecule has 210 valence electrons. The predicted molar refractivity (Wildman–Crippen MR) is 191 cm³/mol. The lowest BCUT2D eigenvalue weighted by atomic mass is 10.0. The number of nitrogens with zero attached hydrogens (tertiary/aromatic N) is 2. The summed E-state index contributed by atoms with van der Waals surface area (Å²) in [4.78, 5) is 4.82. The lowest BCUT2D eigenvalue weighted by molar-refractivity contribution is 1.22. The highest BCUT2D eigenvalue weighted by Gasteiger charge is 2.24. The lowest BCUT2D eigenvalue weighted by Crippen LogP contribution is -2.17. The van der Waals surface area contributed by atoms with Crippen molar-refractivity contribution in [3.05, 3.63) is 169 Å². The molecule has 8 rings (SSSR count). The first kappa shape index (κ1) is 26.3. The Morgan fingerprint density at radius 2 is 1.02 bits per heavy atom. The summed E-state index contributed by atoms with van der Waals surface area (Å²) >= 11 is 1.86. The van der Waals surface area contributed by atoms with Gasteiger partial charge in [0.1, 0.15) is 0 Å². The third-order valence-electron chi connectivity index (χ3n) is 8.27. The van der Waals surface area contributed by atoms with E-state index in [4.69, 9.17) is 0 Å². The summed E-state index contributed by atoms with van der Waals surface area (Å²) in [5, 5.41) is 5.04. The fourth-order valence-electron chi connectivity index (χ4n) is 6.25. The molecule has 1 heterocycles. The Labute approximate surface area is 261 Å². The van der Waals surface area contributed by atoms with Gasteiger partial charge < -0.3 is 9.80 Å².